The molecule has 0 saturated carbocycles. The minimum absolute atomic E-state index is 0.0830. The molecule has 1 aliphatic rings. The van der Waals surface area contributed by atoms with Crippen molar-refractivity contribution in [2.45, 2.75) is 32.3 Å². The monoisotopic (exact) mass is 280 g/mol. The second-order valence-electron chi connectivity index (χ2n) is 5.50. The fraction of sp³-hybridized carbons (Fsp3) is 0.278. The zero-order valence-electron chi connectivity index (χ0n) is 12.1. The molecule has 0 atom stereocenters. The molecule has 0 amide bonds. The zero-order valence-corrected chi connectivity index (χ0v) is 12.1. The van der Waals surface area contributed by atoms with Crippen molar-refractivity contribution < 1.29 is 4.74 Å². The molecule has 3 N–H and O–H groups in total. The fourth-order valence-corrected chi connectivity index (χ4v) is 2.87. The van der Waals surface area contributed by atoms with Crippen LogP contribution in [-0.2, 0) is 19.4 Å². The highest BCUT2D eigenvalue weighted by molar-refractivity contribution is 5.96. The third-order valence-electron chi connectivity index (χ3n) is 4.02. The van der Waals surface area contributed by atoms with Crippen molar-refractivity contribution in [3.05, 3.63) is 64.7 Å². The molecule has 108 valence electrons. The molecule has 0 aliphatic heterocycles. The number of rotatable bonds is 4. The first-order chi connectivity index (χ1) is 10.2. The molecule has 2 aromatic rings. The van der Waals surface area contributed by atoms with E-state index in [1.54, 1.807) is 0 Å². The number of aryl methyl sites for hydroxylation is 2. The van der Waals surface area contributed by atoms with E-state index in [1.165, 1.54) is 30.4 Å². The van der Waals surface area contributed by atoms with E-state index < -0.39 is 0 Å². The number of nitrogens with two attached hydrogens (primary N) is 1. The van der Waals surface area contributed by atoms with Gasteiger partial charge >= 0.3 is 0 Å². The average molecular weight is 280 g/mol. The van der Waals surface area contributed by atoms with Gasteiger partial charge in [0.15, 0.2) is 0 Å². The normalized spacial score (nSPS) is 13.5. The predicted octanol–water partition coefficient (Wildman–Crippen LogP) is 3.43. The number of amidine groups is 1. The average Bonchev–Trinajstić information content (AvgIpc) is 2.53. The largest absolute Gasteiger partial charge is 0.489 e. The minimum Gasteiger partial charge on any atom is -0.489 e. The van der Waals surface area contributed by atoms with Gasteiger partial charge < -0.3 is 10.5 Å². The number of nitrogen functional groups attached to an aromatic ring is 1. The van der Waals surface area contributed by atoms with Gasteiger partial charge in [0, 0.05) is 11.1 Å². The lowest BCUT2D eigenvalue weighted by molar-refractivity contribution is 0.305. The van der Waals surface area contributed by atoms with Crippen LogP contribution in [-0.4, -0.2) is 5.84 Å². The standard InChI is InChI=1S/C18H20N2O/c19-18(20)17-8-4-3-7-15(17)12-21-16-10-9-13-5-1-2-6-14(13)11-16/h3-4,7-11H,1-2,5-6,12H2,(H3,19,20). The summed E-state index contributed by atoms with van der Waals surface area (Å²) >= 11 is 0. The summed E-state index contributed by atoms with van der Waals surface area (Å²) in [6.07, 6.45) is 4.89. The Morgan fingerprint density at radius 3 is 2.62 bits per heavy atom. The lowest BCUT2D eigenvalue weighted by Crippen LogP contribution is -2.14. The first kappa shape index (κ1) is 13.7. The van der Waals surface area contributed by atoms with Crippen LogP contribution in [0.25, 0.3) is 0 Å². The van der Waals surface area contributed by atoms with Gasteiger partial charge in [0.25, 0.3) is 0 Å². The van der Waals surface area contributed by atoms with Crippen molar-refractivity contribution in [1.29, 1.82) is 5.41 Å². The van der Waals surface area contributed by atoms with Crippen LogP contribution >= 0.6 is 0 Å². The maximum Gasteiger partial charge on any atom is 0.123 e. The Kier molecular flexibility index (Phi) is 3.91. The lowest BCUT2D eigenvalue weighted by atomic mass is 9.92. The zero-order chi connectivity index (χ0) is 14.7. The van der Waals surface area contributed by atoms with Crippen molar-refractivity contribution in [2.75, 3.05) is 0 Å². The summed E-state index contributed by atoms with van der Waals surface area (Å²) in [6.45, 7) is 0.439. The summed E-state index contributed by atoms with van der Waals surface area (Å²) in [7, 11) is 0. The van der Waals surface area contributed by atoms with Crippen molar-refractivity contribution in [3.8, 4) is 5.75 Å². The molecule has 0 radical (unpaired) electrons. The van der Waals surface area contributed by atoms with E-state index in [0.717, 1.165) is 23.3 Å². The van der Waals surface area contributed by atoms with Crippen molar-refractivity contribution >= 4 is 5.84 Å². The molecule has 0 unspecified atom stereocenters. The summed E-state index contributed by atoms with van der Waals surface area (Å²) < 4.78 is 5.90. The van der Waals surface area contributed by atoms with Gasteiger partial charge in [0.05, 0.1) is 0 Å². The maximum atomic E-state index is 7.61. The number of fused-ring (bicyclic) bond motifs is 1. The molecule has 0 saturated heterocycles. The molecule has 2 aromatic carbocycles. The first-order valence-electron chi connectivity index (χ1n) is 7.41. The SMILES string of the molecule is N=C(N)c1ccccc1COc1ccc2c(c1)CCCC2. The molecule has 21 heavy (non-hydrogen) atoms. The van der Waals surface area contributed by atoms with Crippen LogP contribution in [0.5, 0.6) is 5.75 Å². The topological polar surface area (TPSA) is 59.1 Å². The number of hydrogen-bond acceptors (Lipinski definition) is 2. The highest BCUT2D eigenvalue weighted by atomic mass is 16.5. The molecule has 1 aliphatic carbocycles. The van der Waals surface area contributed by atoms with Gasteiger partial charge in [-0.05, 0) is 48.9 Å². The van der Waals surface area contributed by atoms with E-state index in [1.807, 2.05) is 30.3 Å². The molecule has 3 heteroatoms. The van der Waals surface area contributed by atoms with E-state index in [4.69, 9.17) is 15.9 Å². The van der Waals surface area contributed by atoms with E-state index in [0.29, 0.717) is 6.61 Å². The highest BCUT2D eigenvalue weighted by Gasteiger charge is 2.10. The Hall–Kier alpha value is -2.29. The van der Waals surface area contributed by atoms with Crippen LogP contribution in [0.3, 0.4) is 0 Å². The van der Waals surface area contributed by atoms with E-state index >= 15 is 0 Å². The molecule has 0 spiro atoms. The van der Waals surface area contributed by atoms with Crippen molar-refractivity contribution in [3.63, 3.8) is 0 Å². The first-order valence-corrected chi connectivity index (χ1v) is 7.41. The van der Waals surface area contributed by atoms with E-state index in [2.05, 4.69) is 12.1 Å². The Morgan fingerprint density at radius 1 is 1.05 bits per heavy atom. The Labute approximate surface area is 125 Å². The molecule has 3 nitrogen and oxygen atoms in total. The van der Waals surface area contributed by atoms with E-state index in [9.17, 15) is 0 Å². The summed E-state index contributed by atoms with van der Waals surface area (Å²) in [6, 6.07) is 14.0. The smallest absolute Gasteiger partial charge is 0.123 e. The van der Waals surface area contributed by atoms with Gasteiger partial charge in [-0.3, -0.25) is 5.41 Å². The second kappa shape index (κ2) is 6.00. The summed E-state index contributed by atoms with van der Waals surface area (Å²) in [4.78, 5) is 0. The van der Waals surface area contributed by atoms with Crippen LogP contribution in [0.1, 0.15) is 35.1 Å². The Morgan fingerprint density at radius 2 is 1.81 bits per heavy atom. The summed E-state index contributed by atoms with van der Waals surface area (Å²) in [5, 5.41) is 7.61. The predicted molar refractivity (Wildman–Crippen MR) is 84.9 cm³/mol. The van der Waals surface area contributed by atoms with Gasteiger partial charge in [-0.2, -0.15) is 0 Å². The van der Waals surface area contributed by atoms with Crippen molar-refractivity contribution in [2.24, 2.45) is 5.73 Å². The summed E-state index contributed by atoms with van der Waals surface area (Å²) in [5.74, 6) is 0.980. The van der Waals surface area contributed by atoms with Crippen LogP contribution < -0.4 is 10.5 Å². The number of nitrogens with one attached hydrogen (secondary N) is 1. The summed E-state index contributed by atoms with van der Waals surface area (Å²) in [5.41, 5.74) is 10.2. The maximum absolute atomic E-state index is 7.61. The number of ether oxygens (including phenoxy) is 1. The molecule has 0 fully saturated rings. The third-order valence-corrected chi connectivity index (χ3v) is 4.02. The minimum atomic E-state index is 0.0830. The lowest BCUT2D eigenvalue weighted by Gasteiger charge is -2.17. The number of benzene rings is 2. The quantitative estimate of drug-likeness (QED) is 0.666. The van der Waals surface area contributed by atoms with Gasteiger partial charge in [0.1, 0.15) is 18.2 Å². The third kappa shape index (κ3) is 3.07. The van der Waals surface area contributed by atoms with Crippen LogP contribution in [0.2, 0.25) is 0 Å². The van der Waals surface area contributed by atoms with Gasteiger partial charge in [-0.1, -0.05) is 30.3 Å². The molecule has 3 rings (SSSR count). The molecule has 0 bridgehead atoms. The molecule has 0 aromatic heterocycles. The van der Waals surface area contributed by atoms with Gasteiger partial charge in [0.2, 0.25) is 0 Å². The number of hydrogen-bond donors (Lipinski definition) is 2. The van der Waals surface area contributed by atoms with Gasteiger partial charge in [-0.25, -0.2) is 0 Å². The van der Waals surface area contributed by atoms with Crippen molar-refractivity contribution in [1.82, 2.24) is 0 Å². The fourth-order valence-electron chi connectivity index (χ4n) is 2.87. The van der Waals surface area contributed by atoms with Gasteiger partial charge in [-0.15, -0.1) is 0 Å². The molecule has 0 heterocycles. The Balaban J connectivity index is 1.75. The van der Waals surface area contributed by atoms with Crippen LogP contribution in [0.15, 0.2) is 42.5 Å². The second-order valence-corrected chi connectivity index (χ2v) is 5.50. The Bertz CT molecular complexity index is 664. The molecular formula is C18H20N2O. The molecular weight excluding hydrogens is 260 g/mol. The van der Waals surface area contributed by atoms with E-state index in [-0.39, 0.29) is 5.84 Å². The van der Waals surface area contributed by atoms with Crippen LogP contribution in [0, 0.1) is 5.41 Å². The highest BCUT2D eigenvalue weighted by Crippen LogP contribution is 2.26. The van der Waals surface area contributed by atoms with Crippen LogP contribution in [0.4, 0.5) is 0 Å².